The molecule has 8 heteroatoms. The largest absolute Gasteiger partial charge is 0.390 e. The van der Waals surface area contributed by atoms with Crippen molar-refractivity contribution >= 4 is 16.7 Å². The summed E-state index contributed by atoms with van der Waals surface area (Å²) in [6.07, 6.45) is 9.51. The van der Waals surface area contributed by atoms with Gasteiger partial charge in [0.2, 0.25) is 0 Å². The van der Waals surface area contributed by atoms with E-state index in [1.165, 1.54) is 18.5 Å². The Balaban J connectivity index is 1.18. The van der Waals surface area contributed by atoms with Crippen LogP contribution in [0.2, 0.25) is 0 Å². The molecule has 7 rings (SSSR count). The third-order valence-electron chi connectivity index (χ3n) is 8.12. The van der Waals surface area contributed by atoms with E-state index in [0.29, 0.717) is 25.4 Å². The molecule has 2 aliphatic carbocycles. The number of aliphatic hydroxyl groups is 2. The summed E-state index contributed by atoms with van der Waals surface area (Å²) in [6.45, 7) is 2.38. The van der Waals surface area contributed by atoms with Crippen molar-refractivity contribution < 1.29 is 14.9 Å². The van der Waals surface area contributed by atoms with Gasteiger partial charge in [0.25, 0.3) is 0 Å². The molecular weight excluding hydrogens is 418 g/mol. The fraction of sp³-hybridized carbons (Fsp3) is 0.480. The number of nitrogens with zero attached hydrogens (tertiary/aromatic N) is 5. The minimum absolute atomic E-state index is 0.123. The van der Waals surface area contributed by atoms with Crippen molar-refractivity contribution in [3.8, 4) is 0 Å². The summed E-state index contributed by atoms with van der Waals surface area (Å²) in [5.74, 6) is 0.641. The topological polar surface area (TPSA) is 97.7 Å². The molecule has 1 spiro atoms. The molecule has 3 fully saturated rings. The van der Waals surface area contributed by atoms with E-state index in [0.717, 1.165) is 27.9 Å². The third kappa shape index (κ3) is 2.84. The molecule has 4 aromatic heterocycles. The van der Waals surface area contributed by atoms with Crippen LogP contribution in [0.5, 0.6) is 0 Å². The molecule has 1 aliphatic heterocycles. The van der Waals surface area contributed by atoms with Crippen LogP contribution in [-0.4, -0.2) is 52.9 Å². The Kier molecular flexibility index (Phi) is 4.08. The summed E-state index contributed by atoms with van der Waals surface area (Å²) < 4.78 is 10.4. The molecule has 5 heterocycles. The number of aryl methyl sites for hydroxylation is 1. The van der Waals surface area contributed by atoms with Gasteiger partial charge in [-0.05, 0) is 56.4 Å². The quantitative estimate of drug-likeness (QED) is 0.503. The molecular formula is C25H27N5O3. The summed E-state index contributed by atoms with van der Waals surface area (Å²) in [5.41, 5.74) is 4.52. The number of aromatic nitrogens is 5. The first-order valence-electron chi connectivity index (χ1n) is 11.8. The van der Waals surface area contributed by atoms with Gasteiger partial charge in [0.05, 0.1) is 30.6 Å². The van der Waals surface area contributed by atoms with Gasteiger partial charge in [-0.25, -0.2) is 15.0 Å². The lowest BCUT2D eigenvalue weighted by Gasteiger charge is -2.26. The molecule has 170 valence electrons. The summed E-state index contributed by atoms with van der Waals surface area (Å²) in [7, 11) is 0. The maximum absolute atomic E-state index is 11.2. The smallest absolute Gasteiger partial charge is 0.143 e. The van der Waals surface area contributed by atoms with Crippen molar-refractivity contribution in [1.82, 2.24) is 23.9 Å². The van der Waals surface area contributed by atoms with E-state index < -0.39 is 17.6 Å². The fourth-order valence-corrected chi connectivity index (χ4v) is 6.07. The highest BCUT2D eigenvalue weighted by Gasteiger charge is 2.57. The van der Waals surface area contributed by atoms with Crippen LogP contribution in [-0.2, 0) is 4.74 Å². The minimum Gasteiger partial charge on any atom is -0.390 e. The van der Waals surface area contributed by atoms with Crippen LogP contribution in [0, 0.1) is 12.3 Å². The van der Waals surface area contributed by atoms with Crippen LogP contribution in [0.15, 0.2) is 43.1 Å². The molecule has 0 amide bonds. The lowest BCUT2D eigenvalue weighted by atomic mass is 9.80. The normalized spacial score (nSPS) is 32.0. The van der Waals surface area contributed by atoms with Crippen molar-refractivity contribution in [2.75, 3.05) is 6.61 Å². The SMILES string of the molecule is Cc1ncnc2c1ccn2C1CC2(COC(c3ccn4c(C5CC5)cnc4c3)C2)C(O)C1O. The molecule has 0 bridgehead atoms. The Labute approximate surface area is 190 Å². The van der Waals surface area contributed by atoms with E-state index in [2.05, 4.69) is 37.7 Å². The Morgan fingerprint density at radius 3 is 2.82 bits per heavy atom. The Morgan fingerprint density at radius 1 is 1.09 bits per heavy atom. The lowest BCUT2D eigenvalue weighted by Crippen LogP contribution is -2.37. The van der Waals surface area contributed by atoms with Crippen LogP contribution >= 0.6 is 0 Å². The van der Waals surface area contributed by atoms with E-state index >= 15 is 0 Å². The number of rotatable bonds is 3. The van der Waals surface area contributed by atoms with E-state index in [1.54, 1.807) is 6.33 Å². The number of imidazole rings is 1. The zero-order valence-corrected chi connectivity index (χ0v) is 18.5. The standard InChI is InChI=1S/C25H27N5O3/c1-14-17-5-7-30(24(17)28-13-27-14)18-9-25(23(32)22(18)31)10-20(33-12-25)16-4-6-29-19(15-2-3-15)11-26-21(29)8-16/h4-8,11,13,15,18,20,22-23,31-32H,2-3,9-10,12H2,1H3. The zero-order valence-electron chi connectivity index (χ0n) is 18.5. The monoisotopic (exact) mass is 445 g/mol. The Morgan fingerprint density at radius 2 is 1.97 bits per heavy atom. The highest BCUT2D eigenvalue weighted by molar-refractivity contribution is 5.78. The average Bonchev–Trinajstić information content (AvgIpc) is 3.17. The predicted molar refractivity (Wildman–Crippen MR) is 121 cm³/mol. The molecule has 5 atom stereocenters. The molecule has 5 unspecified atom stereocenters. The number of hydrogen-bond acceptors (Lipinski definition) is 6. The molecule has 0 aromatic carbocycles. The summed E-state index contributed by atoms with van der Waals surface area (Å²) >= 11 is 0. The molecule has 8 nitrogen and oxygen atoms in total. The van der Waals surface area contributed by atoms with Gasteiger partial charge in [-0.3, -0.25) is 0 Å². The molecule has 3 aliphatic rings. The lowest BCUT2D eigenvalue weighted by molar-refractivity contribution is -0.0309. The summed E-state index contributed by atoms with van der Waals surface area (Å²) in [4.78, 5) is 13.3. The van der Waals surface area contributed by atoms with Gasteiger partial charge in [0, 0.05) is 41.0 Å². The first-order chi connectivity index (χ1) is 16.0. The van der Waals surface area contributed by atoms with Crippen molar-refractivity contribution in [1.29, 1.82) is 0 Å². The first kappa shape index (κ1) is 19.6. The number of fused-ring (bicyclic) bond motifs is 2. The van der Waals surface area contributed by atoms with Crippen LogP contribution in [0.1, 0.15) is 60.7 Å². The first-order valence-corrected chi connectivity index (χ1v) is 11.8. The molecule has 4 aromatic rings. The van der Waals surface area contributed by atoms with Crippen molar-refractivity contribution in [3.63, 3.8) is 0 Å². The van der Waals surface area contributed by atoms with Crippen LogP contribution in [0.3, 0.4) is 0 Å². The number of ether oxygens (including phenoxy) is 1. The second-order valence-electron chi connectivity index (χ2n) is 10.1. The van der Waals surface area contributed by atoms with Gasteiger partial charge < -0.3 is 23.9 Å². The molecule has 0 radical (unpaired) electrons. The number of pyridine rings is 1. The maximum Gasteiger partial charge on any atom is 0.143 e. The predicted octanol–water partition coefficient (Wildman–Crippen LogP) is 3.08. The highest BCUT2D eigenvalue weighted by Crippen LogP contribution is 2.54. The second kappa shape index (κ2) is 6.85. The number of aliphatic hydroxyl groups excluding tert-OH is 2. The van der Waals surface area contributed by atoms with Gasteiger partial charge >= 0.3 is 0 Å². The molecule has 2 N–H and O–H groups in total. The Bertz CT molecular complexity index is 1380. The van der Waals surface area contributed by atoms with Crippen molar-refractivity contribution in [2.24, 2.45) is 5.41 Å². The fourth-order valence-electron chi connectivity index (χ4n) is 6.07. The van der Waals surface area contributed by atoms with Crippen LogP contribution < -0.4 is 0 Å². The third-order valence-corrected chi connectivity index (χ3v) is 8.12. The minimum atomic E-state index is -0.880. The van der Waals surface area contributed by atoms with Gasteiger partial charge in [-0.15, -0.1) is 0 Å². The maximum atomic E-state index is 11.2. The van der Waals surface area contributed by atoms with Gasteiger partial charge in [-0.2, -0.15) is 0 Å². The highest BCUT2D eigenvalue weighted by atomic mass is 16.5. The Hall–Kier alpha value is -2.81. The molecule has 1 saturated heterocycles. The number of hydrogen-bond donors (Lipinski definition) is 2. The van der Waals surface area contributed by atoms with Crippen LogP contribution in [0.4, 0.5) is 0 Å². The van der Waals surface area contributed by atoms with Gasteiger partial charge in [-0.1, -0.05) is 0 Å². The summed E-state index contributed by atoms with van der Waals surface area (Å²) in [6, 6.07) is 5.94. The molecule has 2 saturated carbocycles. The van der Waals surface area contributed by atoms with Gasteiger partial charge in [0.1, 0.15) is 23.7 Å². The van der Waals surface area contributed by atoms with E-state index in [9.17, 15) is 10.2 Å². The average molecular weight is 446 g/mol. The van der Waals surface area contributed by atoms with E-state index in [1.807, 2.05) is 30.0 Å². The van der Waals surface area contributed by atoms with Crippen molar-refractivity contribution in [2.45, 2.75) is 62.9 Å². The zero-order chi connectivity index (χ0) is 22.3. The molecule has 33 heavy (non-hydrogen) atoms. The van der Waals surface area contributed by atoms with Crippen LogP contribution in [0.25, 0.3) is 16.7 Å². The van der Waals surface area contributed by atoms with Crippen molar-refractivity contribution in [3.05, 3.63) is 60.1 Å². The second-order valence-corrected chi connectivity index (χ2v) is 10.1. The van der Waals surface area contributed by atoms with E-state index in [4.69, 9.17) is 4.74 Å². The summed E-state index contributed by atoms with van der Waals surface area (Å²) in [5, 5.41) is 23.2. The van der Waals surface area contributed by atoms with Gasteiger partial charge in [0.15, 0.2) is 0 Å². The van der Waals surface area contributed by atoms with E-state index in [-0.39, 0.29) is 12.1 Å².